The van der Waals surface area contributed by atoms with Crippen molar-refractivity contribution < 1.29 is 9.53 Å². The number of carbonyl (C=O) groups excluding carboxylic acids is 1. The van der Waals surface area contributed by atoms with Crippen LogP contribution in [0.1, 0.15) is 50.5 Å². The van der Waals surface area contributed by atoms with E-state index < -0.39 is 0 Å². The van der Waals surface area contributed by atoms with Crippen LogP contribution >= 0.6 is 11.8 Å². The van der Waals surface area contributed by atoms with Crippen LogP contribution in [0.3, 0.4) is 0 Å². The molecule has 0 bridgehead atoms. The number of carbonyl (C=O) groups is 1. The van der Waals surface area contributed by atoms with Gasteiger partial charge in [0.15, 0.2) is 5.78 Å². The molecule has 1 saturated carbocycles. The van der Waals surface area contributed by atoms with E-state index in [0.717, 1.165) is 5.75 Å². The van der Waals surface area contributed by atoms with E-state index in [1.165, 1.54) is 37.7 Å². The summed E-state index contributed by atoms with van der Waals surface area (Å²) in [6, 6.07) is 8.12. The maximum Gasteiger partial charge on any atom is 0.154 e. The number of Topliss-reactive ketones (excluding diaryl/α,β-unsaturated/α-hetero) is 1. The topological polar surface area (TPSA) is 26.3 Å². The molecule has 3 rings (SSSR count). The summed E-state index contributed by atoms with van der Waals surface area (Å²) in [5.41, 5.74) is 1.18. The van der Waals surface area contributed by atoms with E-state index in [0.29, 0.717) is 5.78 Å². The smallest absolute Gasteiger partial charge is 0.154 e. The maximum absolute atomic E-state index is 12.7. The molecule has 0 unspecified atom stereocenters. The van der Waals surface area contributed by atoms with Gasteiger partial charge in [-0.15, -0.1) is 11.8 Å². The summed E-state index contributed by atoms with van der Waals surface area (Å²) in [5.74, 6) is 1.35. The molecule has 0 N–H and O–H groups in total. The summed E-state index contributed by atoms with van der Waals surface area (Å²) in [7, 11) is 1.68. The van der Waals surface area contributed by atoms with E-state index in [2.05, 4.69) is 19.1 Å². The van der Waals surface area contributed by atoms with Crippen LogP contribution in [0.4, 0.5) is 0 Å². The molecule has 0 amide bonds. The van der Waals surface area contributed by atoms with Gasteiger partial charge in [0.05, 0.1) is 18.3 Å². The number of methoxy groups -OCH3 is 1. The number of ether oxygens (including phenoxy) is 1. The third kappa shape index (κ3) is 2.26. The zero-order valence-corrected chi connectivity index (χ0v) is 13.0. The van der Waals surface area contributed by atoms with E-state index in [-0.39, 0.29) is 15.9 Å². The van der Waals surface area contributed by atoms with E-state index in [9.17, 15) is 4.79 Å². The molecule has 2 fully saturated rings. The van der Waals surface area contributed by atoms with Gasteiger partial charge in [0, 0.05) is 4.75 Å². The van der Waals surface area contributed by atoms with E-state index >= 15 is 0 Å². The first-order valence-corrected chi connectivity index (χ1v) is 8.40. The zero-order valence-electron chi connectivity index (χ0n) is 12.2. The second-order valence-corrected chi connectivity index (χ2v) is 7.75. The summed E-state index contributed by atoms with van der Waals surface area (Å²) < 4.78 is 5.38. The number of ketones is 1. The predicted molar refractivity (Wildman–Crippen MR) is 83.6 cm³/mol. The number of hydrogen-bond acceptors (Lipinski definition) is 3. The molecule has 2 aliphatic rings. The monoisotopic (exact) mass is 290 g/mol. The Morgan fingerprint density at radius 2 is 1.80 bits per heavy atom. The average molecular weight is 290 g/mol. The first kappa shape index (κ1) is 14.0. The molecule has 2 atom stereocenters. The summed E-state index contributed by atoms with van der Waals surface area (Å²) >= 11 is 1.93. The van der Waals surface area contributed by atoms with Crippen molar-refractivity contribution in [3.05, 3.63) is 29.8 Å². The van der Waals surface area contributed by atoms with Crippen LogP contribution in [0.2, 0.25) is 0 Å². The van der Waals surface area contributed by atoms with Gasteiger partial charge in [0.2, 0.25) is 0 Å². The maximum atomic E-state index is 12.7. The van der Waals surface area contributed by atoms with Gasteiger partial charge in [0.25, 0.3) is 0 Å². The molecular weight excluding hydrogens is 268 g/mol. The Balaban J connectivity index is 1.96. The van der Waals surface area contributed by atoms with Crippen molar-refractivity contribution in [1.82, 2.24) is 0 Å². The fourth-order valence-corrected chi connectivity index (χ4v) is 5.66. The van der Waals surface area contributed by atoms with Crippen LogP contribution in [0.25, 0.3) is 0 Å². The molecule has 1 spiro atoms. The lowest BCUT2D eigenvalue weighted by Gasteiger charge is -2.37. The number of thioether (sulfide) groups is 1. The lowest BCUT2D eigenvalue weighted by molar-refractivity contribution is -0.119. The van der Waals surface area contributed by atoms with Gasteiger partial charge >= 0.3 is 0 Å². The molecule has 1 heterocycles. The van der Waals surface area contributed by atoms with Gasteiger partial charge in [-0.3, -0.25) is 4.79 Å². The first-order chi connectivity index (χ1) is 9.66. The first-order valence-electron chi connectivity index (χ1n) is 7.52. The van der Waals surface area contributed by atoms with Gasteiger partial charge in [-0.05, 0) is 37.5 Å². The number of rotatable bonds is 2. The van der Waals surface area contributed by atoms with Crippen molar-refractivity contribution in [2.75, 3.05) is 7.11 Å². The minimum atomic E-state index is 0.0775. The molecule has 1 aliphatic carbocycles. The van der Waals surface area contributed by atoms with E-state index in [4.69, 9.17) is 4.74 Å². The third-order valence-electron chi connectivity index (χ3n) is 4.77. The van der Waals surface area contributed by atoms with Gasteiger partial charge in [0.1, 0.15) is 5.75 Å². The van der Waals surface area contributed by atoms with Crippen LogP contribution in [0, 0.1) is 0 Å². The summed E-state index contributed by atoms with van der Waals surface area (Å²) in [6.07, 6.45) is 6.22. The fraction of sp³-hybridized carbons (Fsp3) is 0.588. The molecule has 20 heavy (non-hydrogen) atoms. The van der Waals surface area contributed by atoms with Gasteiger partial charge in [-0.1, -0.05) is 31.4 Å². The molecule has 1 aromatic carbocycles. The van der Waals surface area contributed by atoms with E-state index in [1.54, 1.807) is 7.11 Å². The van der Waals surface area contributed by atoms with Crippen LogP contribution in [-0.2, 0) is 4.79 Å². The lowest BCUT2D eigenvalue weighted by Crippen LogP contribution is -2.34. The fourth-order valence-electron chi connectivity index (χ4n) is 3.79. The minimum absolute atomic E-state index is 0.0775. The summed E-state index contributed by atoms with van der Waals surface area (Å²) in [5, 5.41) is 0.139. The van der Waals surface area contributed by atoms with Crippen molar-refractivity contribution in [1.29, 1.82) is 0 Å². The van der Waals surface area contributed by atoms with Gasteiger partial charge < -0.3 is 4.74 Å². The second kappa shape index (κ2) is 5.44. The second-order valence-electron chi connectivity index (χ2n) is 5.99. The molecule has 1 aromatic rings. The average Bonchev–Trinajstić information content (AvgIpc) is 2.71. The van der Waals surface area contributed by atoms with Crippen molar-refractivity contribution in [3.63, 3.8) is 0 Å². The number of hydrogen-bond donors (Lipinski definition) is 0. The highest BCUT2D eigenvalue weighted by Crippen LogP contribution is 2.57. The highest BCUT2D eigenvalue weighted by atomic mass is 32.2. The van der Waals surface area contributed by atoms with Gasteiger partial charge in [-0.25, -0.2) is 0 Å². The van der Waals surface area contributed by atoms with Gasteiger partial charge in [-0.2, -0.15) is 0 Å². The highest BCUT2D eigenvalue weighted by Gasteiger charge is 2.52. The molecule has 1 aliphatic heterocycles. The van der Waals surface area contributed by atoms with Crippen molar-refractivity contribution in [2.24, 2.45) is 0 Å². The Hall–Kier alpha value is -0.960. The minimum Gasteiger partial charge on any atom is -0.497 e. The van der Waals surface area contributed by atoms with E-state index in [1.807, 2.05) is 23.9 Å². The molecule has 0 radical (unpaired) electrons. The standard InChI is InChI=1S/C17H22O2S/c1-12-16(18)15(13-6-8-14(19-2)9-7-13)17(20-12)10-4-3-5-11-17/h6-9,12,15H,3-5,10-11H2,1-2H3/t12-,15+/m1/s1. The Morgan fingerprint density at radius 3 is 2.40 bits per heavy atom. The normalized spacial score (nSPS) is 28.8. The van der Waals surface area contributed by atoms with Crippen molar-refractivity contribution in [2.45, 2.75) is 54.9 Å². The third-order valence-corrected chi connectivity index (χ3v) is 6.47. The zero-order chi connectivity index (χ0) is 14.2. The Labute approximate surface area is 125 Å². The molecular formula is C17H22O2S. The Kier molecular flexibility index (Phi) is 3.80. The number of benzene rings is 1. The van der Waals surface area contributed by atoms with Crippen LogP contribution < -0.4 is 4.74 Å². The van der Waals surface area contributed by atoms with Crippen LogP contribution in [-0.4, -0.2) is 22.9 Å². The van der Waals surface area contributed by atoms with Crippen LogP contribution in [0.15, 0.2) is 24.3 Å². The predicted octanol–water partition coefficient (Wildman–Crippen LogP) is 4.19. The molecule has 3 heteroatoms. The Bertz CT molecular complexity index is 488. The highest BCUT2D eigenvalue weighted by molar-refractivity contribution is 8.02. The quantitative estimate of drug-likeness (QED) is 0.817. The lowest BCUT2D eigenvalue weighted by atomic mass is 9.74. The molecule has 1 saturated heterocycles. The Morgan fingerprint density at radius 1 is 1.15 bits per heavy atom. The van der Waals surface area contributed by atoms with Crippen LogP contribution in [0.5, 0.6) is 5.75 Å². The molecule has 108 valence electrons. The SMILES string of the molecule is COc1ccc([C@H]2C(=O)[C@@H](C)SC23CCCCC3)cc1. The van der Waals surface area contributed by atoms with Crippen molar-refractivity contribution in [3.8, 4) is 5.75 Å². The summed E-state index contributed by atoms with van der Waals surface area (Å²) in [6.45, 7) is 2.08. The largest absolute Gasteiger partial charge is 0.497 e. The summed E-state index contributed by atoms with van der Waals surface area (Å²) in [4.78, 5) is 12.7. The van der Waals surface area contributed by atoms with Crippen molar-refractivity contribution >= 4 is 17.5 Å². The molecule has 2 nitrogen and oxygen atoms in total. The molecule has 0 aromatic heterocycles.